The fourth-order valence-corrected chi connectivity index (χ4v) is 2.89. The van der Waals surface area contributed by atoms with Crippen molar-refractivity contribution < 1.29 is 9.47 Å². The maximum atomic E-state index is 5.42. The summed E-state index contributed by atoms with van der Waals surface area (Å²) in [6.45, 7) is 11.8. The Hall–Kier alpha value is -1.88. The molecule has 0 aliphatic heterocycles. The largest absolute Gasteiger partial charge is 0.497 e. The van der Waals surface area contributed by atoms with Crippen molar-refractivity contribution in [2.45, 2.75) is 46.1 Å². The molecule has 1 aromatic carbocycles. The van der Waals surface area contributed by atoms with Gasteiger partial charge in [0.1, 0.15) is 18.1 Å². The fraction of sp³-hybridized carbons (Fsp3) is 0.591. The van der Waals surface area contributed by atoms with Crippen molar-refractivity contribution >= 4 is 29.9 Å². The highest BCUT2D eigenvalue weighted by Gasteiger charge is 2.21. The number of hydrogen-bond donors (Lipinski definition) is 2. The lowest BCUT2D eigenvalue weighted by atomic mass is 9.84. The van der Waals surface area contributed by atoms with E-state index in [4.69, 9.17) is 14.5 Å². The third-order valence-electron chi connectivity index (χ3n) is 5.07. The summed E-state index contributed by atoms with van der Waals surface area (Å²) in [5, 5.41) is 15.2. The predicted molar refractivity (Wildman–Crippen MR) is 135 cm³/mol. The number of benzene rings is 1. The van der Waals surface area contributed by atoms with Gasteiger partial charge in [0.25, 0.3) is 0 Å². The van der Waals surface area contributed by atoms with Gasteiger partial charge in [0.2, 0.25) is 0 Å². The van der Waals surface area contributed by atoms with Gasteiger partial charge in [0.15, 0.2) is 11.8 Å². The molecule has 8 nitrogen and oxygen atoms in total. The average Bonchev–Trinajstić information content (AvgIpc) is 3.07. The summed E-state index contributed by atoms with van der Waals surface area (Å²) in [5.74, 6) is 3.32. The summed E-state index contributed by atoms with van der Waals surface area (Å²) in [7, 11) is 3.64. The number of aliphatic imine (C=N–C) groups is 1. The summed E-state index contributed by atoms with van der Waals surface area (Å²) in [4.78, 5) is 4.72. The lowest BCUT2D eigenvalue weighted by Crippen LogP contribution is -2.44. The Bertz CT molecular complexity index is 822. The number of aromatic nitrogens is 3. The maximum absolute atomic E-state index is 5.42. The van der Waals surface area contributed by atoms with Crippen LogP contribution >= 0.6 is 24.0 Å². The van der Waals surface area contributed by atoms with Crippen LogP contribution in [0.15, 0.2) is 29.3 Å². The second-order valence-electron chi connectivity index (χ2n) is 7.83. The van der Waals surface area contributed by atoms with E-state index < -0.39 is 0 Å². The molecule has 0 radical (unpaired) electrons. The molecule has 0 atom stereocenters. The minimum absolute atomic E-state index is 0. The number of nitrogens with one attached hydrogen (secondary N) is 2. The zero-order valence-corrected chi connectivity index (χ0v) is 21.9. The van der Waals surface area contributed by atoms with Crippen LogP contribution in [0, 0.1) is 6.92 Å². The summed E-state index contributed by atoms with van der Waals surface area (Å²) in [6.07, 6.45) is 0.914. The van der Waals surface area contributed by atoms with Crippen LogP contribution in [0.4, 0.5) is 0 Å². The SMILES string of the molecule is CCOCCCNC(=NCc1nnc(C)n1C)NCC(C)(C)c1cccc(OC)c1.I. The highest BCUT2D eigenvalue weighted by molar-refractivity contribution is 14.0. The summed E-state index contributed by atoms with van der Waals surface area (Å²) in [5.41, 5.74) is 1.10. The van der Waals surface area contributed by atoms with E-state index in [1.165, 1.54) is 5.56 Å². The molecule has 1 aromatic heterocycles. The smallest absolute Gasteiger partial charge is 0.191 e. The first kappa shape index (κ1) is 27.2. The zero-order chi connectivity index (χ0) is 22.0. The van der Waals surface area contributed by atoms with E-state index in [0.29, 0.717) is 6.54 Å². The van der Waals surface area contributed by atoms with Crippen LogP contribution in [0.25, 0.3) is 0 Å². The van der Waals surface area contributed by atoms with E-state index in [1.807, 2.05) is 37.6 Å². The zero-order valence-electron chi connectivity index (χ0n) is 19.6. The minimum Gasteiger partial charge on any atom is -0.497 e. The molecule has 0 saturated heterocycles. The molecule has 0 unspecified atom stereocenters. The molecule has 0 saturated carbocycles. The molecule has 2 aromatic rings. The molecule has 2 rings (SSSR count). The number of hydrogen-bond acceptors (Lipinski definition) is 5. The Morgan fingerprint density at radius 3 is 2.65 bits per heavy atom. The van der Waals surface area contributed by atoms with Gasteiger partial charge in [-0.25, -0.2) is 4.99 Å². The molecule has 0 spiro atoms. The van der Waals surface area contributed by atoms with Crippen molar-refractivity contribution in [3.8, 4) is 5.75 Å². The highest BCUT2D eigenvalue weighted by Crippen LogP contribution is 2.25. The van der Waals surface area contributed by atoms with Crippen LogP contribution in [-0.2, 0) is 23.7 Å². The third-order valence-corrected chi connectivity index (χ3v) is 5.07. The summed E-state index contributed by atoms with van der Waals surface area (Å²) >= 11 is 0. The van der Waals surface area contributed by atoms with E-state index >= 15 is 0 Å². The monoisotopic (exact) mass is 544 g/mol. The van der Waals surface area contributed by atoms with E-state index in [0.717, 1.165) is 56.1 Å². The average molecular weight is 544 g/mol. The highest BCUT2D eigenvalue weighted by atomic mass is 127. The number of ether oxygens (including phenoxy) is 2. The van der Waals surface area contributed by atoms with E-state index in [2.05, 4.69) is 46.8 Å². The second-order valence-corrected chi connectivity index (χ2v) is 7.83. The topological polar surface area (TPSA) is 85.6 Å². The van der Waals surface area contributed by atoms with Gasteiger partial charge < -0.3 is 24.7 Å². The van der Waals surface area contributed by atoms with Gasteiger partial charge in [0.05, 0.1) is 7.11 Å². The van der Waals surface area contributed by atoms with Gasteiger partial charge in [0, 0.05) is 38.8 Å². The van der Waals surface area contributed by atoms with Crippen molar-refractivity contribution in [3.63, 3.8) is 0 Å². The number of guanidine groups is 1. The minimum atomic E-state index is -0.107. The first-order valence-electron chi connectivity index (χ1n) is 10.5. The normalized spacial score (nSPS) is 11.7. The van der Waals surface area contributed by atoms with Crippen molar-refractivity contribution in [1.29, 1.82) is 0 Å². The van der Waals surface area contributed by atoms with Gasteiger partial charge in [-0.1, -0.05) is 26.0 Å². The van der Waals surface area contributed by atoms with Crippen LogP contribution < -0.4 is 15.4 Å². The molecule has 31 heavy (non-hydrogen) atoms. The molecular weight excluding hydrogens is 507 g/mol. The quantitative estimate of drug-likeness (QED) is 0.196. The predicted octanol–water partition coefficient (Wildman–Crippen LogP) is 3.19. The molecule has 0 aliphatic rings. The van der Waals surface area contributed by atoms with Crippen LogP contribution in [0.1, 0.15) is 44.4 Å². The van der Waals surface area contributed by atoms with Gasteiger partial charge in [-0.2, -0.15) is 0 Å². The van der Waals surface area contributed by atoms with Gasteiger partial charge in [-0.3, -0.25) is 0 Å². The maximum Gasteiger partial charge on any atom is 0.191 e. The lowest BCUT2D eigenvalue weighted by Gasteiger charge is -2.27. The molecule has 0 amide bonds. The van der Waals surface area contributed by atoms with Crippen molar-refractivity contribution in [2.75, 3.05) is 33.4 Å². The van der Waals surface area contributed by atoms with Crippen molar-refractivity contribution in [1.82, 2.24) is 25.4 Å². The Balaban J connectivity index is 0.00000480. The van der Waals surface area contributed by atoms with Crippen LogP contribution in [-0.4, -0.2) is 54.1 Å². The first-order chi connectivity index (χ1) is 14.4. The molecule has 174 valence electrons. The van der Waals surface area contributed by atoms with Crippen LogP contribution in [0.3, 0.4) is 0 Å². The third kappa shape index (κ3) is 8.64. The Morgan fingerprint density at radius 1 is 1.23 bits per heavy atom. The molecule has 2 N–H and O–H groups in total. The van der Waals surface area contributed by atoms with Gasteiger partial charge >= 0.3 is 0 Å². The molecule has 9 heteroatoms. The Morgan fingerprint density at radius 2 is 2.00 bits per heavy atom. The standard InChI is InChI=1S/C22H36N6O2.HI/c1-7-30-13-9-12-23-21(24-15-20-27-26-17(2)28(20)5)25-16-22(3,4)18-10-8-11-19(14-18)29-6;/h8,10-11,14H,7,9,12-13,15-16H2,1-6H3,(H2,23,24,25);1H. The number of aryl methyl sites for hydroxylation is 1. The van der Waals surface area contributed by atoms with Crippen molar-refractivity contribution in [2.24, 2.45) is 12.0 Å². The molecular formula is C22H37IN6O2. The number of methoxy groups -OCH3 is 1. The fourth-order valence-electron chi connectivity index (χ4n) is 2.89. The molecule has 0 fully saturated rings. The van der Waals surface area contributed by atoms with Crippen LogP contribution in [0.2, 0.25) is 0 Å². The first-order valence-corrected chi connectivity index (χ1v) is 10.5. The summed E-state index contributed by atoms with van der Waals surface area (Å²) < 4.78 is 12.8. The van der Waals surface area contributed by atoms with Gasteiger partial charge in [-0.15, -0.1) is 34.2 Å². The Kier molecular flexibility index (Phi) is 11.8. The number of nitrogens with zero attached hydrogens (tertiary/aromatic N) is 4. The van der Waals surface area contributed by atoms with E-state index in [1.54, 1.807) is 7.11 Å². The van der Waals surface area contributed by atoms with E-state index in [9.17, 15) is 0 Å². The van der Waals surface area contributed by atoms with Crippen LogP contribution in [0.5, 0.6) is 5.75 Å². The Labute approximate surface area is 203 Å². The second kappa shape index (κ2) is 13.5. The summed E-state index contributed by atoms with van der Waals surface area (Å²) in [6, 6.07) is 8.19. The van der Waals surface area contributed by atoms with E-state index in [-0.39, 0.29) is 29.4 Å². The molecule has 0 aliphatic carbocycles. The van der Waals surface area contributed by atoms with Crippen molar-refractivity contribution in [3.05, 3.63) is 41.5 Å². The lowest BCUT2D eigenvalue weighted by molar-refractivity contribution is 0.145. The number of halogens is 1. The number of rotatable bonds is 11. The van der Waals surface area contributed by atoms with Gasteiger partial charge in [-0.05, 0) is 38.0 Å². The molecule has 0 bridgehead atoms. The molecule has 1 heterocycles.